The Morgan fingerprint density at radius 3 is 2.88 bits per heavy atom. The van der Waals surface area contributed by atoms with Crippen molar-refractivity contribution in [2.45, 2.75) is 16.3 Å². The first-order chi connectivity index (χ1) is 8.06. The zero-order valence-corrected chi connectivity index (χ0v) is 10.4. The molecule has 0 aliphatic heterocycles. The second-order valence-electron chi connectivity index (χ2n) is 3.10. The lowest BCUT2D eigenvalue weighted by Gasteiger charge is -2.02. The molecule has 17 heavy (non-hydrogen) atoms. The van der Waals surface area contributed by atoms with Gasteiger partial charge in [0, 0.05) is 0 Å². The van der Waals surface area contributed by atoms with Gasteiger partial charge < -0.3 is 10.8 Å². The van der Waals surface area contributed by atoms with Crippen molar-refractivity contribution in [2.75, 3.05) is 5.73 Å². The molecule has 0 spiro atoms. The van der Waals surface area contributed by atoms with Crippen molar-refractivity contribution in [3.05, 3.63) is 22.8 Å². The summed E-state index contributed by atoms with van der Waals surface area (Å²) in [7, 11) is 0. The number of aromatic carboxylic acids is 1. The van der Waals surface area contributed by atoms with Gasteiger partial charge in [0.15, 0.2) is 4.34 Å². The number of nitrogens with zero attached hydrogens (tertiary/aromatic N) is 3. The van der Waals surface area contributed by atoms with Crippen molar-refractivity contribution in [3.8, 4) is 0 Å². The summed E-state index contributed by atoms with van der Waals surface area (Å²) in [4.78, 5) is 14.9. The lowest BCUT2D eigenvalue weighted by atomic mass is 10.2. The molecule has 0 radical (unpaired) electrons. The Morgan fingerprint density at radius 2 is 2.29 bits per heavy atom. The Morgan fingerprint density at radius 1 is 1.53 bits per heavy atom. The number of nitrogen functional groups attached to an aromatic ring is 1. The third-order valence-corrected chi connectivity index (χ3v) is 3.66. The maximum Gasteiger partial charge on any atom is 0.337 e. The minimum atomic E-state index is -1.07. The van der Waals surface area contributed by atoms with Crippen molar-refractivity contribution < 1.29 is 9.90 Å². The number of anilines is 1. The van der Waals surface area contributed by atoms with Gasteiger partial charge in [0.1, 0.15) is 10.0 Å². The van der Waals surface area contributed by atoms with E-state index in [0.29, 0.717) is 5.03 Å². The molecule has 2 rings (SSSR count). The smallest absolute Gasteiger partial charge is 0.337 e. The van der Waals surface area contributed by atoms with E-state index in [1.165, 1.54) is 35.4 Å². The molecule has 0 amide bonds. The highest BCUT2D eigenvalue weighted by Crippen LogP contribution is 2.29. The first-order valence-electron chi connectivity index (χ1n) is 4.53. The minimum Gasteiger partial charge on any atom is -0.478 e. The highest BCUT2D eigenvalue weighted by atomic mass is 32.2. The topological polar surface area (TPSA) is 102 Å². The Bertz CT molecular complexity index is 570. The third-order valence-electron chi connectivity index (χ3n) is 1.84. The zero-order chi connectivity index (χ0) is 12.4. The number of carbonyl (C=O) groups is 1. The molecule has 2 heterocycles. The van der Waals surface area contributed by atoms with E-state index in [1.807, 2.05) is 6.92 Å². The summed E-state index contributed by atoms with van der Waals surface area (Å²) in [6.45, 7) is 1.85. The summed E-state index contributed by atoms with van der Waals surface area (Å²) in [5.41, 5.74) is 5.70. The molecule has 0 bridgehead atoms. The molecular weight excluding hydrogens is 260 g/mol. The van der Waals surface area contributed by atoms with Crippen LogP contribution in [0.5, 0.6) is 0 Å². The van der Waals surface area contributed by atoms with E-state index in [4.69, 9.17) is 10.8 Å². The summed E-state index contributed by atoms with van der Waals surface area (Å²) < 4.78 is 0.719. The van der Waals surface area contributed by atoms with E-state index in [0.717, 1.165) is 9.35 Å². The Hall–Kier alpha value is -1.67. The van der Waals surface area contributed by atoms with Gasteiger partial charge in [0.2, 0.25) is 0 Å². The predicted molar refractivity (Wildman–Crippen MR) is 64.4 cm³/mol. The molecule has 0 unspecified atom stereocenters. The standard InChI is InChI=1S/C9H8N4O2S2/c1-4-12-13-9(16-4)17-7-2-5(8(14)15)6(10)3-11-7/h2-3H,10H2,1H3,(H,14,15). The number of pyridine rings is 1. The van der Waals surface area contributed by atoms with Gasteiger partial charge in [-0.25, -0.2) is 9.78 Å². The van der Waals surface area contributed by atoms with Crippen LogP contribution in [0, 0.1) is 6.92 Å². The van der Waals surface area contributed by atoms with Crippen LogP contribution in [0.2, 0.25) is 0 Å². The van der Waals surface area contributed by atoms with Crippen molar-refractivity contribution in [3.63, 3.8) is 0 Å². The minimum absolute atomic E-state index is 0.0451. The van der Waals surface area contributed by atoms with Gasteiger partial charge in [-0.3, -0.25) is 0 Å². The summed E-state index contributed by atoms with van der Waals surface area (Å²) >= 11 is 2.69. The number of carboxylic acids is 1. The first-order valence-corrected chi connectivity index (χ1v) is 6.16. The van der Waals surface area contributed by atoms with E-state index >= 15 is 0 Å². The van der Waals surface area contributed by atoms with E-state index in [-0.39, 0.29) is 11.3 Å². The molecule has 0 saturated carbocycles. The van der Waals surface area contributed by atoms with Gasteiger partial charge in [-0.05, 0) is 24.8 Å². The van der Waals surface area contributed by atoms with E-state index < -0.39 is 5.97 Å². The molecule has 3 N–H and O–H groups in total. The average molecular weight is 268 g/mol. The van der Waals surface area contributed by atoms with Gasteiger partial charge in [0.25, 0.3) is 0 Å². The van der Waals surface area contributed by atoms with Crippen LogP contribution in [0.1, 0.15) is 15.4 Å². The normalized spacial score (nSPS) is 10.4. The Kier molecular flexibility index (Phi) is 3.25. The number of nitrogens with two attached hydrogens (primary N) is 1. The van der Waals surface area contributed by atoms with Gasteiger partial charge in [0.05, 0.1) is 17.4 Å². The van der Waals surface area contributed by atoms with Crippen LogP contribution < -0.4 is 5.73 Å². The van der Waals surface area contributed by atoms with Crippen LogP contribution in [0.3, 0.4) is 0 Å². The monoisotopic (exact) mass is 268 g/mol. The summed E-state index contributed by atoms with van der Waals surface area (Å²) in [5, 5.41) is 18.1. The number of aryl methyl sites for hydroxylation is 1. The maximum atomic E-state index is 10.9. The van der Waals surface area contributed by atoms with Gasteiger partial charge in [-0.2, -0.15) is 0 Å². The zero-order valence-electron chi connectivity index (χ0n) is 8.75. The molecule has 0 fully saturated rings. The van der Waals surface area contributed by atoms with Gasteiger partial charge in [-0.1, -0.05) is 11.3 Å². The largest absolute Gasteiger partial charge is 0.478 e. The highest BCUT2D eigenvalue weighted by molar-refractivity contribution is 8.01. The molecule has 0 aliphatic carbocycles. The van der Waals surface area contributed by atoms with Crippen LogP contribution in [0.15, 0.2) is 21.6 Å². The van der Waals surface area contributed by atoms with Crippen molar-refractivity contribution >= 4 is 34.8 Å². The summed E-state index contributed by atoms with van der Waals surface area (Å²) in [6, 6.07) is 1.43. The fourth-order valence-corrected chi connectivity index (χ4v) is 2.84. The van der Waals surface area contributed by atoms with Gasteiger partial charge >= 0.3 is 5.97 Å². The second-order valence-corrected chi connectivity index (χ2v) is 5.55. The molecule has 0 aromatic carbocycles. The lowest BCUT2D eigenvalue weighted by Crippen LogP contribution is -2.03. The fourth-order valence-electron chi connectivity index (χ4n) is 1.10. The fraction of sp³-hybridized carbons (Fsp3) is 0.111. The molecule has 0 aliphatic rings. The molecule has 2 aromatic rings. The van der Waals surface area contributed by atoms with Crippen molar-refractivity contribution in [1.82, 2.24) is 15.2 Å². The first kappa shape index (κ1) is 11.8. The molecule has 88 valence electrons. The van der Waals surface area contributed by atoms with Crippen molar-refractivity contribution in [1.29, 1.82) is 0 Å². The number of carboxylic acid groups (broad SMARTS) is 1. The highest BCUT2D eigenvalue weighted by Gasteiger charge is 2.11. The number of aromatic nitrogens is 3. The predicted octanol–water partition coefficient (Wildman–Crippen LogP) is 1.67. The number of hydrogen-bond donors (Lipinski definition) is 2. The van der Waals surface area contributed by atoms with Crippen molar-refractivity contribution in [2.24, 2.45) is 0 Å². The Balaban J connectivity index is 2.28. The van der Waals surface area contributed by atoms with E-state index in [9.17, 15) is 4.79 Å². The van der Waals surface area contributed by atoms with E-state index in [2.05, 4.69) is 15.2 Å². The van der Waals surface area contributed by atoms with Crippen LogP contribution >= 0.6 is 23.1 Å². The van der Waals surface area contributed by atoms with Gasteiger partial charge in [-0.15, -0.1) is 10.2 Å². The maximum absolute atomic E-state index is 10.9. The molecule has 8 heteroatoms. The lowest BCUT2D eigenvalue weighted by molar-refractivity contribution is 0.0697. The molecular formula is C9H8N4O2S2. The van der Waals surface area contributed by atoms with Crippen LogP contribution in [0.4, 0.5) is 5.69 Å². The quantitative estimate of drug-likeness (QED) is 0.872. The van der Waals surface area contributed by atoms with E-state index in [1.54, 1.807) is 0 Å². The SMILES string of the molecule is Cc1nnc(Sc2cc(C(=O)O)c(N)cn2)s1. The second kappa shape index (κ2) is 4.68. The molecule has 0 saturated heterocycles. The number of rotatable bonds is 3. The van der Waals surface area contributed by atoms with Crippen LogP contribution in [-0.4, -0.2) is 26.3 Å². The molecule has 0 atom stereocenters. The average Bonchev–Trinajstić information content (AvgIpc) is 2.66. The molecule has 6 nitrogen and oxygen atoms in total. The van der Waals surface area contributed by atoms with Crippen LogP contribution in [0.25, 0.3) is 0 Å². The Labute approximate surface area is 105 Å². The third kappa shape index (κ3) is 2.71. The molecule has 2 aromatic heterocycles. The van der Waals surface area contributed by atoms with Crippen LogP contribution in [-0.2, 0) is 0 Å². The summed E-state index contributed by atoms with van der Waals surface area (Å²) in [6.07, 6.45) is 1.33. The number of hydrogen-bond acceptors (Lipinski definition) is 7. The summed E-state index contributed by atoms with van der Waals surface area (Å²) in [5.74, 6) is -1.07.